The fourth-order valence-corrected chi connectivity index (χ4v) is 1.76. The molecule has 4 heteroatoms. The summed E-state index contributed by atoms with van der Waals surface area (Å²) in [5.41, 5.74) is 1.21. The van der Waals surface area contributed by atoms with Crippen molar-refractivity contribution in [2.45, 2.75) is 18.9 Å². The van der Waals surface area contributed by atoms with Gasteiger partial charge in [0.15, 0.2) is 11.5 Å². The average Bonchev–Trinajstić information content (AvgIpc) is 2.77. The lowest BCUT2D eigenvalue weighted by Crippen LogP contribution is -2.29. The number of hydrogen-bond acceptors (Lipinski definition) is 4. The van der Waals surface area contributed by atoms with Gasteiger partial charge in [0.2, 0.25) is 6.79 Å². The summed E-state index contributed by atoms with van der Waals surface area (Å²) >= 11 is 0. The van der Waals surface area contributed by atoms with Gasteiger partial charge in [-0.2, -0.15) is 0 Å². The Hall–Kier alpha value is -1.26. The molecule has 1 aliphatic rings. The Morgan fingerprint density at radius 1 is 1.38 bits per heavy atom. The molecule has 16 heavy (non-hydrogen) atoms. The number of aliphatic hydroxyl groups is 1. The number of benzene rings is 1. The van der Waals surface area contributed by atoms with Crippen molar-refractivity contribution in [3.8, 4) is 11.5 Å². The van der Waals surface area contributed by atoms with Crippen LogP contribution >= 0.6 is 0 Å². The van der Waals surface area contributed by atoms with Gasteiger partial charge in [0.1, 0.15) is 0 Å². The van der Waals surface area contributed by atoms with E-state index in [4.69, 9.17) is 14.6 Å². The predicted octanol–water partition coefficient (Wildman–Crippen LogP) is 0.928. The molecule has 1 aliphatic heterocycles. The molecule has 1 aromatic rings. The van der Waals surface area contributed by atoms with Crippen LogP contribution in [0.15, 0.2) is 18.2 Å². The van der Waals surface area contributed by atoms with Crippen molar-refractivity contribution in [1.82, 2.24) is 5.32 Å². The Bertz CT molecular complexity index is 350. The van der Waals surface area contributed by atoms with Crippen molar-refractivity contribution in [2.24, 2.45) is 0 Å². The molecule has 1 aromatic carbocycles. The number of aryl methyl sites for hydroxylation is 1. The van der Waals surface area contributed by atoms with Gasteiger partial charge in [-0.15, -0.1) is 0 Å². The van der Waals surface area contributed by atoms with Gasteiger partial charge in [-0.1, -0.05) is 6.07 Å². The van der Waals surface area contributed by atoms with E-state index in [1.54, 1.807) is 0 Å². The monoisotopic (exact) mass is 223 g/mol. The van der Waals surface area contributed by atoms with E-state index in [2.05, 4.69) is 5.32 Å². The number of ether oxygens (including phenoxy) is 2. The summed E-state index contributed by atoms with van der Waals surface area (Å²) in [6, 6.07) is 6.14. The molecule has 0 amide bonds. The fraction of sp³-hybridized carbons (Fsp3) is 0.500. The molecule has 0 bridgehead atoms. The van der Waals surface area contributed by atoms with Crippen LogP contribution < -0.4 is 14.8 Å². The molecule has 1 unspecified atom stereocenters. The predicted molar refractivity (Wildman–Crippen MR) is 60.8 cm³/mol. The second-order valence-electron chi connectivity index (χ2n) is 3.89. The minimum absolute atomic E-state index is 0.158. The summed E-state index contributed by atoms with van der Waals surface area (Å²) in [5, 5.41) is 12.1. The molecular weight excluding hydrogens is 206 g/mol. The average molecular weight is 223 g/mol. The van der Waals surface area contributed by atoms with Crippen molar-refractivity contribution in [1.29, 1.82) is 0 Å². The zero-order chi connectivity index (χ0) is 11.4. The maximum absolute atomic E-state index is 9.05. The number of aliphatic hydroxyl groups excluding tert-OH is 1. The van der Waals surface area contributed by atoms with E-state index >= 15 is 0 Å². The molecule has 1 heterocycles. The lowest BCUT2D eigenvalue weighted by atomic mass is 10.1. The van der Waals surface area contributed by atoms with E-state index in [0.29, 0.717) is 6.79 Å². The molecule has 0 fully saturated rings. The number of likely N-dealkylation sites (N-methyl/N-ethyl adjacent to an activating group) is 1. The third kappa shape index (κ3) is 2.46. The topological polar surface area (TPSA) is 50.7 Å². The van der Waals surface area contributed by atoms with Gasteiger partial charge < -0.3 is 19.9 Å². The Morgan fingerprint density at radius 2 is 2.19 bits per heavy atom. The van der Waals surface area contributed by atoms with Gasteiger partial charge in [0, 0.05) is 6.04 Å². The molecule has 0 spiro atoms. The van der Waals surface area contributed by atoms with Crippen LogP contribution in [0.5, 0.6) is 11.5 Å². The summed E-state index contributed by atoms with van der Waals surface area (Å²) < 4.78 is 10.6. The van der Waals surface area contributed by atoms with Gasteiger partial charge >= 0.3 is 0 Å². The molecule has 0 saturated carbocycles. The van der Waals surface area contributed by atoms with E-state index in [9.17, 15) is 0 Å². The normalized spacial score (nSPS) is 15.1. The quantitative estimate of drug-likeness (QED) is 0.779. The van der Waals surface area contributed by atoms with E-state index < -0.39 is 0 Å². The largest absolute Gasteiger partial charge is 0.454 e. The Labute approximate surface area is 95.2 Å². The molecule has 2 rings (SSSR count). The highest BCUT2D eigenvalue weighted by molar-refractivity contribution is 5.44. The Morgan fingerprint density at radius 3 is 2.94 bits per heavy atom. The van der Waals surface area contributed by atoms with Crippen LogP contribution in [0.4, 0.5) is 0 Å². The van der Waals surface area contributed by atoms with E-state index in [1.807, 2.05) is 25.2 Å². The maximum Gasteiger partial charge on any atom is 0.231 e. The van der Waals surface area contributed by atoms with Crippen LogP contribution in [0.2, 0.25) is 0 Å². The van der Waals surface area contributed by atoms with Crippen LogP contribution in [-0.2, 0) is 6.42 Å². The number of nitrogens with one attached hydrogen (secondary N) is 1. The minimum atomic E-state index is 0.158. The first-order valence-electron chi connectivity index (χ1n) is 5.50. The lowest BCUT2D eigenvalue weighted by Gasteiger charge is -2.12. The van der Waals surface area contributed by atoms with Crippen LogP contribution in [0.1, 0.15) is 12.0 Å². The molecule has 4 nitrogen and oxygen atoms in total. The Balaban J connectivity index is 1.95. The van der Waals surface area contributed by atoms with Crippen molar-refractivity contribution in [3.63, 3.8) is 0 Å². The van der Waals surface area contributed by atoms with Gasteiger partial charge in [0.25, 0.3) is 0 Å². The first-order valence-corrected chi connectivity index (χ1v) is 5.50. The highest BCUT2D eigenvalue weighted by atomic mass is 16.7. The molecule has 0 saturated heterocycles. The van der Waals surface area contributed by atoms with Gasteiger partial charge in [0.05, 0.1) is 6.61 Å². The van der Waals surface area contributed by atoms with E-state index in [1.165, 1.54) is 5.56 Å². The highest BCUT2D eigenvalue weighted by Crippen LogP contribution is 2.32. The molecule has 2 N–H and O–H groups in total. The first-order chi connectivity index (χ1) is 7.83. The van der Waals surface area contributed by atoms with Gasteiger partial charge in [-0.25, -0.2) is 0 Å². The summed E-state index contributed by atoms with van der Waals surface area (Å²) in [5.74, 6) is 1.64. The standard InChI is InChI=1S/C12H17NO3/c1-13-10(7-14)4-2-9-3-5-11-12(6-9)16-8-15-11/h3,5-6,10,13-14H,2,4,7-8H2,1H3. The minimum Gasteiger partial charge on any atom is -0.454 e. The van der Waals surface area contributed by atoms with Gasteiger partial charge in [-0.05, 0) is 37.6 Å². The summed E-state index contributed by atoms with van der Waals surface area (Å²) in [7, 11) is 1.86. The van der Waals surface area contributed by atoms with Crippen molar-refractivity contribution in [2.75, 3.05) is 20.4 Å². The van der Waals surface area contributed by atoms with Crippen LogP contribution in [0.3, 0.4) is 0 Å². The SMILES string of the molecule is CNC(CO)CCc1ccc2c(c1)OCO2. The second-order valence-corrected chi connectivity index (χ2v) is 3.89. The van der Waals surface area contributed by atoms with Crippen LogP contribution in [-0.4, -0.2) is 31.6 Å². The summed E-state index contributed by atoms with van der Waals surface area (Å²) in [6.45, 7) is 0.482. The van der Waals surface area contributed by atoms with E-state index in [0.717, 1.165) is 24.3 Å². The smallest absolute Gasteiger partial charge is 0.231 e. The molecule has 0 radical (unpaired) electrons. The number of rotatable bonds is 5. The molecule has 1 atom stereocenters. The summed E-state index contributed by atoms with van der Waals surface area (Å²) in [4.78, 5) is 0. The number of fused-ring (bicyclic) bond motifs is 1. The molecule has 0 aromatic heterocycles. The van der Waals surface area contributed by atoms with Crippen molar-refractivity contribution >= 4 is 0 Å². The van der Waals surface area contributed by atoms with Crippen molar-refractivity contribution in [3.05, 3.63) is 23.8 Å². The lowest BCUT2D eigenvalue weighted by molar-refractivity contribution is 0.174. The Kier molecular flexibility index (Phi) is 3.64. The van der Waals surface area contributed by atoms with E-state index in [-0.39, 0.29) is 12.6 Å². The molecule has 0 aliphatic carbocycles. The second kappa shape index (κ2) is 5.18. The highest BCUT2D eigenvalue weighted by Gasteiger charge is 2.13. The van der Waals surface area contributed by atoms with Crippen molar-refractivity contribution < 1.29 is 14.6 Å². The summed E-state index contributed by atoms with van der Waals surface area (Å²) in [6.07, 6.45) is 1.83. The zero-order valence-electron chi connectivity index (χ0n) is 9.40. The molecule has 88 valence electrons. The third-order valence-corrected chi connectivity index (χ3v) is 2.85. The van der Waals surface area contributed by atoms with Crippen LogP contribution in [0, 0.1) is 0 Å². The first kappa shape index (κ1) is 11.2. The maximum atomic E-state index is 9.05. The van der Waals surface area contributed by atoms with Gasteiger partial charge in [-0.3, -0.25) is 0 Å². The molecular formula is C12H17NO3. The van der Waals surface area contributed by atoms with Crippen LogP contribution in [0.25, 0.3) is 0 Å². The number of hydrogen-bond donors (Lipinski definition) is 2. The third-order valence-electron chi connectivity index (χ3n) is 2.85. The fourth-order valence-electron chi connectivity index (χ4n) is 1.76. The zero-order valence-corrected chi connectivity index (χ0v) is 9.40.